The molecule has 0 fully saturated rings. The summed E-state index contributed by atoms with van der Waals surface area (Å²) in [7, 11) is 1.08. The number of Topliss-reactive ketones (excluding diaryl/α,β-unsaturated/α-hetero) is 1. The Balaban J connectivity index is 1.82. The molecule has 0 saturated heterocycles. The number of ketones is 1. The van der Waals surface area contributed by atoms with Crippen LogP contribution in [0.2, 0.25) is 0 Å². The number of carbonyl (C=O) groups excluding carboxylic acids is 4. The predicted octanol–water partition coefficient (Wildman–Crippen LogP) is 3.50. The first-order valence-electron chi connectivity index (χ1n) is 19.1. The molecule has 4 aliphatic rings. The molecule has 5 rings (SSSR count). The Morgan fingerprint density at radius 2 is 1.60 bits per heavy atom. The highest BCUT2D eigenvalue weighted by molar-refractivity contribution is 6.21. The minimum atomic E-state index is -2.18. The SMILES string of the molecule is COC(=O)C1C(O)C(C)C(O)C(C)/C=C\C=C(/C)C(=O)Nc2c(C)c3c4c(c2O)C(=O)C(C)=C2OCCC(=C24)C(OC(C)=O)(C3)/C(C)=C/C(C)(O)C(O)C(C)C1O. The van der Waals surface area contributed by atoms with E-state index in [0.717, 1.165) is 7.11 Å². The summed E-state index contributed by atoms with van der Waals surface area (Å²) < 4.78 is 17.3. The summed E-state index contributed by atoms with van der Waals surface area (Å²) in [6, 6.07) is 0. The van der Waals surface area contributed by atoms with Crippen molar-refractivity contribution in [1.82, 2.24) is 0 Å². The number of benzene rings is 1. The van der Waals surface area contributed by atoms with E-state index in [-0.39, 0.29) is 53.2 Å². The molecule has 10 unspecified atom stereocenters. The van der Waals surface area contributed by atoms with Crippen LogP contribution in [-0.2, 0) is 35.0 Å². The molecule has 0 radical (unpaired) electrons. The maximum atomic E-state index is 14.0. The molecule has 2 aliphatic heterocycles. The predicted molar refractivity (Wildman–Crippen MR) is 208 cm³/mol. The fraction of sp³-hybridized carbons (Fsp3) is 0.535. The zero-order valence-corrected chi connectivity index (χ0v) is 34.1. The van der Waals surface area contributed by atoms with Crippen molar-refractivity contribution in [3.8, 4) is 5.75 Å². The lowest BCUT2D eigenvalue weighted by Gasteiger charge is -2.47. The molecule has 57 heavy (non-hydrogen) atoms. The molecule has 14 heteroatoms. The number of aliphatic hydroxyl groups excluding tert-OH is 4. The number of aliphatic hydroxyl groups is 5. The third-order valence-electron chi connectivity index (χ3n) is 12.3. The summed E-state index contributed by atoms with van der Waals surface area (Å²) in [5.41, 5.74) is -1.13. The summed E-state index contributed by atoms with van der Waals surface area (Å²) in [5, 5.41) is 72.8. The van der Waals surface area contributed by atoms with Crippen molar-refractivity contribution in [1.29, 1.82) is 0 Å². The van der Waals surface area contributed by atoms with Crippen molar-refractivity contribution < 1.29 is 64.0 Å². The monoisotopic (exact) mass is 793 g/mol. The number of methoxy groups -OCH3 is 1. The zero-order valence-electron chi connectivity index (χ0n) is 34.1. The highest BCUT2D eigenvalue weighted by Crippen LogP contribution is 2.57. The van der Waals surface area contributed by atoms with Gasteiger partial charge in [-0.3, -0.25) is 19.2 Å². The molecule has 0 spiro atoms. The molecule has 14 nitrogen and oxygen atoms in total. The molecule has 0 aromatic heterocycles. The molecular weight excluding hydrogens is 738 g/mol. The third-order valence-corrected chi connectivity index (χ3v) is 12.3. The smallest absolute Gasteiger partial charge is 0.313 e. The Bertz CT molecular complexity index is 2040. The van der Waals surface area contributed by atoms with Crippen LogP contribution in [-0.4, -0.2) is 104 Å². The highest BCUT2D eigenvalue weighted by atomic mass is 16.6. The fourth-order valence-electron chi connectivity index (χ4n) is 8.87. The van der Waals surface area contributed by atoms with E-state index >= 15 is 0 Å². The first-order valence-corrected chi connectivity index (χ1v) is 19.1. The van der Waals surface area contributed by atoms with E-state index in [1.54, 1.807) is 33.8 Å². The normalized spacial score (nSPS) is 36.1. The highest BCUT2D eigenvalue weighted by Gasteiger charge is 2.53. The van der Waals surface area contributed by atoms with Crippen LogP contribution in [0.4, 0.5) is 5.69 Å². The van der Waals surface area contributed by atoms with Gasteiger partial charge in [0.05, 0.1) is 49.4 Å². The van der Waals surface area contributed by atoms with Crippen molar-refractivity contribution in [2.75, 3.05) is 19.0 Å². The van der Waals surface area contributed by atoms with Crippen LogP contribution in [0, 0.1) is 30.6 Å². The number of fused-ring (bicyclic) bond motifs is 3. The Morgan fingerprint density at radius 1 is 0.965 bits per heavy atom. The third kappa shape index (κ3) is 7.38. The second-order valence-electron chi connectivity index (χ2n) is 16.2. The van der Waals surface area contributed by atoms with E-state index in [2.05, 4.69) is 5.32 Å². The number of ether oxygens (including phenoxy) is 3. The molecule has 310 valence electrons. The number of nitrogens with one attached hydrogen (secondary N) is 1. The molecule has 0 saturated carbocycles. The van der Waals surface area contributed by atoms with Gasteiger partial charge in [-0.05, 0) is 63.0 Å². The molecule has 10 atom stereocenters. The first-order chi connectivity index (χ1) is 26.5. The fourth-order valence-corrected chi connectivity index (χ4v) is 8.87. The average Bonchev–Trinajstić information content (AvgIpc) is 3.16. The number of esters is 2. The van der Waals surface area contributed by atoms with E-state index in [1.165, 1.54) is 52.8 Å². The molecule has 3 bridgehead atoms. The number of rotatable bonds is 2. The lowest BCUT2D eigenvalue weighted by molar-refractivity contribution is -0.168. The van der Waals surface area contributed by atoms with Gasteiger partial charge in [0.25, 0.3) is 5.91 Å². The number of phenolic OH excluding ortho intramolecular Hbond substituents is 1. The lowest BCUT2D eigenvalue weighted by atomic mass is 9.64. The van der Waals surface area contributed by atoms with Crippen LogP contribution in [0.3, 0.4) is 0 Å². The summed E-state index contributed by atoms with van der Waals surface area (Å²) >= 11 is 0. The maximum absolute atomic E-state index is 14.0. The molecule has 2 aliphatic carbocycles. The summed E-state index contributed by atoms with van der Waals surface area (Å²) in [6.45, 7) is 13.5. The van der Waals surface area contributed by atoms with E-state index < -0.39 is 88.7 Å². The minimum absolute atomic E-state index is 0.0339. The van der Waals surface area contributed by atoms with Gasteiger partial charge in [0.2, 0.25) is 0 Å². The largest absolute Gasteiger partial charge is 0.505 e. The second kappa shape index (κ2) is 16.0. The van der Waals surface area contributed by atoms with Gasteiger partial charge in [0.15, 0.2) is 17.1 Å². The zero-order chi connectivity index (χ0) is 42.6. The van der Waals surface area contributed by atoms with Gasteiger partial charge in [-0.25, -0.2) is 0 Å². The summed E-state index contributed by atoms with van der Waals surface area (Å²) in [6.07, 6.45) is -0.532. The summed E-state index contributed by atoms with van der Waals surface area (Å²) in [4.78, 5) is 54.0. The standard InChI is InChI=1S/C43H55NO13/c1-18-12-11-13-19(2)40(52)44-32-21(4)26-17-43(57-25(8)45,27-14-15-56-38-23(6)35(48)30(37(32)50)28(26)29(27)38)20(3)16-42(9,54)39(51)24(7)36(49)31(41(53)55-10)34(47)22(5)33(18)46/h11-13,16,18,22,24,31,33-34,36,39,46-47,49-51,54H,14-15,17H2,1-10H3,(H,44,52)/b12-11-,19-13+,20-16+. The molecule has 1 aromatic carbocycles. The van der Waals surface area contributed by atoms with Crippen molar-refractivity contribution >= 4 is 34.9 Å². The Morgan fingerprint density at radius 3 is 2.21 bits per heavy atom. The molecule has 7 N–H and O–H groups in total. The van der Waals surface area contributed by atoms with Crippen LogP contribution >= 0.6 is 0 Å². The average molecular weight is 794 g/mol. The van der Waals surface area contributed by atoms with Gasteiger partial charge in [-0.2, -0.15) is 0 Å². The quantitative estimate of drug-likeness (QED) is 0.129. The van der Waals surface area contributed by atoms with Crippen molar-refractivity contribution in [3.05, 3.63) is 74.6 Å². The number of phenols is 1. The number of hydrogen-bond donors (Lipinski definition) is 7. The van der Waals surface area contributed by atoms with Gasteiger partial charge in [0.1, 0.15) is 17.3 Å². The number of hydrogen-bond acceptors (Lipinski definition) is 13. The van der Waals surface area contributed by atoms with Crippen LogP contribution in [0.5, 0.6) is 5.75 Å². The Kier molecular flexibility index (Phi) is 12.2. The Hall–Kier alpha value is -4.60. The topological polar surface area (TPSA) is 229 Å². The van der Waals surface area contributed by atoms with Gasteiger partial charge < -0.3 is 50.2 Å². The van der Waals surface area contributed by atoms with Gasteiger partial charge in [-0.15, -0.1) is 0 Å². The second-order valence-corrected chi connectivity index (χ2v) is 16.2. The number of anilines is 1. The first kappa shape index (κ1) is 43.5. The van der Waals surface area contributed by atoms with Crippen LogP contribution in [0.15, 0.2) is 52.4 Å². The van der Waals surface area contributed by atoms with Gasteiger partial charge in [-0.1, -0.05) is 39.0 Å². The molecular formula is C43H55NO13. The van der Waals surface area contributed by atoms with E-state index in [0.29, 0.717) is 27.8 Å². The number of allylic oxidation sites excluding steroid dienone is 4. The van der Waals surface area contributed by atoms with Crippen LogP contribution in [0.1, 0.15) is 88.9 Å². The molecule has 1 amide bonds. The number of aromatic hydroxyl groups is 1. The van der Waals surface area contributed by atoms with E-state index in [1.807, 2.05) is 0 Å². The molecule has 2 heterocycles. The van der Waals surface area contributed by atoms with Crippen molar-refractivity contribution in [2.45, 2.75) is 111 Å². The van der Waals surface area contributed by atoms with Crippen LogP contribution in [0.25, 0.3) is 5.57 Å². The van der Waals surface area contributed by atoms with Gasteiger partial charge in [0, 0.05) is 59.8 Å². The number of carbonyl (C=O) groups is 4. The van der Waals surface area contributed by atoms with E-state index in [9.17, 15) is 49.8 Å². The van der Waals surface area contributed by atoms with Gasteiger partial charge >= 0.3 is 11.9 Å². The maximum Gasteiger partial charge on any atom is 0.313 e. The van der Waals surface area contributed by atoms with E-state index in [4.69, 9.17) is 14.2 Å². The van der Waals surface area contributed by atoms with Crippen LogP contribution < -0.4 is 5.32 Å². The Labute approximate surface area is 332 Å². The van der Waals surface area contributed by atoms with Crippen molar-refractivity contribution in [2.24, 2.45) is 23.7 Å². The lowest BCUT2D eigenvalue weighted by Crippen LogP contribution is -2.53. The molecule has 1 aromatic rings. The number of amides is 1. The van der Waals surface area contributed by atoms with Crippen molar-refractivity contribution in [3.63, 3.8) is 0 Å². The minimum Gasteiger partial charge on any atom is -0.505 e. The summed E-state index contributed by atoms with van der Waals surface area (Å²) in [5.74, 6) is -7.65.